The van der Waals surface area contributed by atoms with E-state index in [9.17, 15) is 10.1 Å². The van der Waals surface area contributed by atoms with Crippen LogP contribution < -0.4 is 5.32 Å². The molecule has 0 spiro atoms. The van der Waals surface area contributed by atoms with Crippen LogP contribution in [0.2, 0.25) is 0 Å². The zero-order valence-electron chi connectivity index (χ0n) is 10.3. The van der Waals surface area contributed by atoms with Gasteiger partial charge in [-0.1, -0.05) is 6.07 Å². The van der Waals surface area contributed by atoms with Crippen LogP contribution in [0.1, 0.15) is 19.4 Å². The summed E-state index contributed by atoms with van der Waals surface area (Å²) in [6, 6.07) is 6.43. The highest BCUT2D eigenvalue weighted by molar-refractivity contribution is 5.68. The molecule has 6 heteroatoms. The minimum atomic E-state index is -0.549. The Balaban J connectivity index is 2.89. The van der Waals surface area contributed by atoms with Crippen LogP contribution in [0.25, 0.3) is 0 Å². The van der Waals surface area contributed by atoms with Gasteiger partial charge in [-0.05, 0) is 26.0 Å². The Bertz CT molecular complexity index is 468. The van der Waals surface area contributed by atoms with E-state index in [1.54, 1.807) is 12.1 Å². The van der Waals surface area contributed by atoms with Gasteiger partial charge in [0.2, 0.25) is 0 Å². The summed E-state index contributed by atoms with van der Waals surface area (Å²) >= 11 is 0. The van der Waals surface area contributed by atoms with Gasteiger partial charge >= 0.3 is 5.69 Å². The van der Waals surface area contributed by atoms with E-state index in [4.69, 9.17) is 10.00 Å². The lowest BCUT2D eigenvalue weighted by Crippen LogP contribution is -2.20. The lowest BCUT2D eigenvalue weighted by Gasteiger charge is -2.13. The van der Waals surface area contributed by atoms with Gasteiger partial charge in [0.25, 0.3) is 0 Å². The second-order valence-electron chi connectivity index (χ2n) is 3.72. The van der Waals surface area contributed by atoms with Gasteiger partial charge in [0.05, 0.1) is 11.0 Å². The van der Waals surface area contributed by atoms with Crippen LogP contribution in [0.15, 0.2) is 18.2 Å². The Kier molecular flexibility index (Phi) is 5.08. The molecule has 0 amide bonds. The minimum Gasteiger partial charge on any atom is -0.377 e. The molecule has 1 N–H and O–H groups in total. The van der Waals surface area contributed by atoms with E-state index in [1.807, 2.05) is 19.9 Å². The number of nitriles is 1. The fourth-order valence-electron chi connectivity index (χ4n) is 1.57. The highest BCUT2D eigenvalue weighted by atomic mass is 16.6. The first-order valence-electron chi connectivity index (χ1n) is 5.63. The number of nitro groups is 1. The summed E-state index contributed by atoms with van der Waals surface area (Å²) in [5.41, 5.74) is 0.198. The average molecular weight is 249 g/mol. The Hall–Kier alpha value is -2.13. The lowest BCUT2D eigenvalue weighted by molar-refractivity contribution is -0.384. The van der Waals surface area contributed by atoms with Crippen molar-refractivity contribution in [3.63, 3.8) is 0 Å². The number of nitrogens with one attached hydrogen (secondary N) is 1. The molecule has 0 aromatic heterocycles. The third-order valence-corrected chi connectivity index (χ3v) is 2.37. The molecule has 0 aliphatic heterocycles. The average Bonchev–Trinajstić information content (AvgIpc) is 2.35. The number of anilines is 1. The van der Waals surface area contributed by atoms with Gasteiger partial charge in [0.1, 0.15) is 17.3 Å². The van der Waals surface area contributed by atoms with Crippen LogP contribution in [0, 0.1) is 21.4 Å². The van der Waals surface area contributed by atoms with Crippen LogP contribution >= 0.6 is 0 Å². The predicted octanol–water partition coefficient (Wildman–Crippen LogP) is 2.30. The SMILES string of the molecule is CCOC(C)CNc1cccc(C#N)c1[N+](=O)[O-]. The maximum Gasteiger partial charge on any atom is 0.309 e. The van der Waals surface area contributed by atoms with Crippen LogP contribution in [-0.2, 0) is 4.74 Å². The molecule has 0 heterocycles. The maximum atomic E-state index is 11.0. The predicted molar refractivity (Wildman–Crippen MR) is 67.4 cm³/mol. The summed E-state index contributed by atoms with van der Waals surface area (Å²) in [6.07, 6.45) is -0.0552. The van der Waals surface area contributed by atoms with Crippen molar-refractivity contribution in [3.05, 3.63) is 33.9 Å². The van der Waals surface area contributed by atoms with Crippen molar-refractivity contribution in [2.24, 2.45) is 0 Å². The quantitative estimate of drug-likeness (QED) is 0.617. The highest BCUT2D eigenvalue weighted by Crippen LogP contribution is 2.27. The third kappa shape index (κ3) is 3.43. The largest absolute Gasteiger partial charge is 0.377 e. The molecule has 0 fully saturated rings. The molecule has 0 saturated heterocycles. The molecule has 1 aromatic carbocycles. The number of para-hydroxylation sites is 1. The number of hydrogen-bond acceptors (Lipinski definition) is 5. The molecule has 1 unspecified atom stereocenters. The second kappa shape index (κ2) is 6.57. The summed E-state index contributed by atoms with van der Waals surface area (Å²) in [5.74, 6) is 0. The van der Waals surface area contributed by atoms with Crippen LogP contribution in [-0.4, -0.2) is 24.2 Å². The van der Waals surface area contributed by atoms with Crippen molar-refractivity contribution in [1.29, 1.82) is 5.26 Å². The van der Waals surface area contributed by atoms with Gasteiger partial charge < -0.3 is 10.1 Å². The third-order valence-electron chi connectivity index (χ3n) is 2.37. The number of benzene rings is 1. The molecule has 96 valence electrons. The highest BCUT2D eigenvalue weighted by Gasteiger charge is 2.19. The van der Waals surface area contributed by atoms with Crippen LogP contribution in [0.5, 0.6) is 0 Å². The Labute approximate surface area is 105 Å². The maximum absolute atomic E-state index is 11.0. The van der Waals surface area contributed by atoms with E-state index in [1.165, 1.54) is 6.07 Å². The number of ether oxygens (including phenoxy) is 1. The van der Waals surface area contributed by atoms with Crippen molar-refractivity contribution >= 4 is 11.4 Å². The molecule has 0 aliphatic rings. The van der Waals surface area contributed by atoms with E-state index >= 15 is 0 Å². The summed E-state index contributed by atoms with van der Waals surface area (Å²) in [4.78, 5) is 10.4. The lowest BCUT2D eigenvalue weighted by atomic mass is 10.1. The van der Waals surface area contributed by atoms with Crippen molar-refractivity contribution < 1.29 is 9.66 Å². The van der Waals surface area contributed by atoms with Gasteiger partial charge in [0.15, 0.2) is 0 Å². The summed E-state index contributed by atoms with van der Waals surface area (Å²) in [6.45, 7) is 4.79. The molecule has 0 aliphatic carbocycles. The fourth-order valence-corrected chi connectivity index (χ4v) is 1.57. The topological polar surface area (TPSA) is 88.2 Å². The van der Waals surface area contributed by atoms with Crippen molar-refractivity contribution in [2.75, 3.05) is 18.5 Å². The molecule has 1 rings (SSSR count). The number of hydrogen-bond donors (Lipinski definition) is 1. The summed E-state index contributed by atoms with van der Waals surface area (Å²) in [5, 5.41) is 22.7. The molecular formula is C12H15N3O3. The zero-order chi connectivity index (χ0) is 13.5. The molecule has 0 radical (unpaired) electrons. The molecule has 0 bridgehead atoms. The smallest absolute Gasteiger partial charge is 0.309 e. The molecule has 1 atom stereocenters. The van der Waals surface area contributed by atoms with Gasteiger partial charge in [-0.15, -0.1) is 0 Å². The van der Waals surface area contributed by atoms with Crippen molar-refractivity contribution in [3.8, 4) is 6.07 Å². The van der Waals surface area contributed by atoms with E-state index in [0.717, 1.165) is 0 Å². The Morgan fingerprint density at radius 1 is 1.61 bits per heavy atom. The molecule has 1 aromatic rings. The molecule has 18 heavy (non-hydrogen) atoms. The number of rotatable bonds is 6. The van der Waals surface area contributed by atoms with Crippen LogP contribution in [0.3, 0.4) is 0 Å². The number of nitro benzene ring substituents is 1. The molecular weight excluding hydrogens is 234 g/mol. The van der Waals surface area contributed by atoms with Gasteiger partial charge in [-0.25, -0.2) is 0 Å². The first kappa shape index (κ1) is 13.9. The standard InChI is InChI=1S/C12H15N3O3/c1-3-18-9(2)8-14-11-6-4-5-10(7-13)12(11)15(16)17/h4-6,9,14H,3,8H2,1-2H3. The molecule has 6 nitrogen and oxygen atoms in total. The van der Waals surface area contributed by atoms with E-state index < -0.39 is 4.92 Å². The van der Waals surface area contributed by atoms with Crippen molar-refractivity contribution in [1.82, 2.24) is 0 Å². The zero-order valence-corrected chi connectivity index (χ0v) is 10.3. The van der Waals surface area contributed by atoms with E-state index in [-0.39, 0.29) is 17.4 Å². The van der Waals surface area contributed by atoms with E-state index in [2.05, 4.69) is 5.32 Å². The normalized spacial score (nSPS) is 11.6. The van der Waals surface area contributed by atoms with E-state index in [0.29, 0.717) is 18.8 Å². The summed E-state index contributed by atoms with van der Waals surface area (Å²) in [7, 11) is 0. The van der Waals surface area contributed by atoms with Gasteiger partial charge in [-0.3, -0.25) is 10.1 Å². The Morgan fingerprint density at radius 3 is 2.89 bits per heavy atom. The van der Waals surface area contributed by atoms with Gasteiger partial charge in [-0.2, -0.15) is 5.26 Å². The summed E-state index contributed by atoms with van der Waals surface area (Å²) < 4.78 is 5.32. The van der Waals surface area contributed by atoms with Crippen molar-refractivity contribution in [2.45, 2.75) is 20.0 Å². The monoisotopic (exact) mass is 249 g/mol. The van der Waals surface area contributed by atoms with Crippen LogP contribution in [0.4, 0.5) is 11.4 Å². The minimum absolute atomic E-state index is 0.0501. The fraction of sp³-hybridized carbons (Fsp3) is 0.417. The first-order valence-corrected chi connectivity index (χ1v) is 5.63. The van der Waals surface area contributed by atoms with Gasteiger partial charge in [0, 0.05) is 13.2 Å². The molecule has 0 saturated carbocycles. The number of nitrogens with zero attached hydrogens (tertiary/aromatic N) is 2. The Morgan fingerprint density at radius 2 is 2.33 bits per heavy atom. The second-order valence-corrected chi connectivity index (χ2v) is 3.72. The first-order chi connectivity index (χ1) is 8.60.